The Hall–Kier alpha value is -3.08. The van der Waals surface area contributed by atoms with Crippen LogP contribution in [0, 0.1) is 0 Å². The van der Waals surface area contributed by atoms with Crippen LogP contribution in [0.1, 0.15) is 278 Å². The Balaban J connectivity index is 4.74. The van der Waals surface area contributed by atoms with Crippen molar-refractivity contribution in [2.45, 2.75) is 290 Å². The number of unbranched alkanes of at least 4 members (excludes halogenated alkanes) is 28. The van der Waals surface area contributed by atoms with Gasteiger partial charge in [0.15, 0.2) is 6.10 Å². The van der Waals surface area contributed by atoms with E-state index in [9.17, 15) is 28.9 Å². The lowest BCUT2D eigenvalue weighted by Gasteiger charge is -2.21. The van der Waals surface area contributed by atoms with Gasteiger partial charge >= 0.3 is 25.7 Å². The summed E-state index contributed by atoms with van der Waals surface area (Å²) in [7, 11) is -4.76. The van der Waals surface area contributed by atoms with Crippen LogP contribution in [0.15, 0.2) is 72.9 Å². The first kappa shape index (κ1) is 72.9. The van der Waals surface area contributed by atoms with Crippen molar-refractivity contribution in [2.75, 3.05) is 26.4 Å². The van der Waals surface area contributed by atoms with Gasteiger partial charge in [-0.05, 0) is 109 Å². The molecule has 0 aromatic carbocycles. The summed E-state index contributed by atoms with van der Waals surface area (Å²) in [6.07, 6.45) is 65.6. The summed E-state index contributed by atoms with van der Waals surface area (Å²) in [6.45, 7) is 4.51. The zero-order valence-electron chi connectivity index (χ0n) is 48.7. The summed E-state index contributed by atoms with van der Waals surface area (Å²) in [6, 6.07) is 0. The number of aliphatic hydroxyl groups is 1. The summed E-state index contributed by atoms with van der Waals surface area (Å²) in [5, 5.41) is 9.84. The van der Waals surface area contributed by atoms with Gasteiger partial charge in [0, 0.05) is 19.3 Å². The molecule has 0 heterocycles. The Morgan fingerprint density at radius 3 is 1.07 bits per heavy atom. The second-order valence-corrected chi connectivity index (χ2v) is 21.9. The Bertz CT molecular complexity index is 1550. The van der Waals surface area contributed by atoms with Gasteiger partial charge in [0.25, 0.3) is 0 Å². The largest absolute Gasteiger partial charge is 0.472 e. The van der Waals surface area contributed by atoms with Crippen LogP contribution in [-0.2, 0) is 42.2 Å². The summed E-state index contributed by atoms with van der Waals surface area (Å²) in [5.74, 6) is -1.50. The first-order valence-electron chi connectivity index (χ1n) is 30.8. The van der Waals surface area contributed by atoms with Crippen LogP contribution in [0.4, 0.5) is 0 Å². The molecule has 0 aromatic rings. The van der Waals surface area contributed by atoms with Crippen molar-refractivity contribution < 1.29 is 52.2 Å². The molecule has 12 heteroatoms. The molecule has 440 valence electrons. The molecule has 0 fully saturated rings. The third-order valence-corrected chi connectivity index (χ3v) is 14.0. The minimum Gasteiger partial charge on any atom is -0.462 e. The average molecular weight is 1090 g/mol. The molecule has 0 radical (unpaired) electrons. The molecule has 2 N–H and O–H groups in total. The van der Waals surface area contributed by atoms with Crippen LogP contribution in [-0.4, -0.2) is 66.5 Å². The van der Waals surface area contributed by atoms with E-state index in [-0.39, 0.29) is 25.9 Å². The maximum atomic E-state index is 12.9. The Labute approximate surface area is 465 Å². The van der Waals surface area contributed by atoms with Gasteiger partial charge in [-0.15, -0.1) is 0 Å². The predicted octanol–water partition coefficient (Wildman–Crippen LogP) is 18.5. The molecule has 11 nitrogen and oxygen atoms in total. The zero-order valence-corrected chi connectivity index (χ0v) is 49.6. The number of allylic oxidation sites excluding steroid dienone is 12. The molecule has 0 saturated carbocycles. The van der Waals surface area contributed by atoms with E-state index in [1.54, 1.807) is 0 Å². The lowest BCUT2D eigenvalue weighted by molar-refractivity contribution is -0.161. The van der Waals surface area contributed by atoms with Crippen molar-refractivity contribution in [3.05, 3.63) is 72.9 Å². The highest BCUT2D eigenvalue weighted by Gasteiger charge is 2.28. The molecular weight excluding hydrogens is 976 g/mol. The normalized spacial score (nSPS) is 13.8. The van der Waals surface area contributed by atoms with Gasteiger partial charge in [0.1, 0.15) is 12.7 Å². The molecule has 0 aliphatic carbocycles. The molecule has 0 bridgehead atoms. The van der Waals surface area contributed by atoms with Gasteiger partial charge in [-0.2, -0.15) is 0 Å². The maximum Gasteiger partial charge on any atom is 0.472 e. The van der Waals surface area contributed by atoms with Crippen molar-refractivity contribution in [2.24, 2.45) is 0 Å². The van der Waals surface area contributed by atoms with E-state index in [0.29, 0.717) is 19.3 Å². The number of esters is 3. The van der Waals surface area contributed by atoms with Crippen LogP contribution in [0.25, 0.3) is 0 Å². The topological polar surface area (TPSA) is 155 Å². The summed E-state index contributed by atoms with van der Waals surface area (Å²) in [5.41, 5.74) is 0. The van der Waals surface area contributed by atoms with Crippen molar-refractivity contribution in [3.8, 4) is 0 Å². The van der Waals surface area contributed by atoms with Crippen molar-refractivity contribution in [3.63, 3.8) is 0 Å². The Morgan fingerprint density at radius 1 is 0.382 bits per heavy atom. The third kappa shape index (κ3) is 55.7. The molecule has 3 atom stereocenters. The van der Waals surface area contributed by atoms with Gasteiger partial charge in [0.05, 0.1) is 19.8 Å². The second kappa shape index (κ2) is 58.1. The van der Waals surface area contributed by atoms with E-state index in [1.807, 2.05) is 0 Å². The lowest BCUT2D eigenvalue weighted by atomic mass is 10.1. The van der Waals surface area contributed by atoms with E-state index in [4.69, 9.17) is 23.3 Å². The fourth-order valence-electron chi connectivity index (χ4n) is 8.40. The number of phosphoric acid groups is 1. The minimum absolute atomic E-state index is 0.137. The number of carbonyl (C=O) groups is 3. The molecule has 0 aromatic heterocycles. The minimum atomic E-state index is -4.76. The number of phosphoric ester groups is 1. The number of hydrogen-bond acceptors (Lipinski definition) is 10. The Kier molecular flexibility index (Phi) is 55.7. The average Bonchev–Trinajstić information content (AvgIpc) is 3.41. The first-order chi connectivity index (χ1) is 37.2. The molecule has 3 unspecified atom stereocenters. The molecule has 0 spiro atoms. The van der Waals surface area contributed by atoms with E-state index < -0.39 is 57.8 Å². The number of rotatable bonds is 57. The quantitative estimate of drug-likeness (QED) is 0.0197. The molecule has 0 saturated heterocycles. The highest BCUT2D eigenvalue weighted by molar-refractivity contribution is 7.47. The van der Waals surface area contributed by atoms with Gasteiger partial charge < -0.3 is 24.2 Å². The highest BCUT2D eigenvalue weighted by Crippen LogP contribution is 2.43. The van der Waals surface area contributed by atoms with Gasteiger partial charge in [0.2, 0.25) is 0 Å². The van der Waals surface area contributed by atoms with Gasteiger partial charge in [-0.1, -0.05) is 222 Å². The smallest absolute Gasteiger partial charge is 0.462 e. The molecular formula is C64H113O11P. The van der Waals surface area contributed by atoms with Crippen LogP contribution in [0.5, 0.6) is 0 Å². The van der Waals surface area contributed by atoms with E-state index in [2.05, 4.69) is 93.7 Å². The van der Waals surface area contributed by atoms with Crippen LogP contribution >= 0.6 is 7.82 Å². The first-order valence-corrected chi connectivity index (χ1v) is 32.3. The molecule has 76 heavy (non-hydrogen) atoms. The monoisotopic (exact) mass is 1090 g/mol. The van der Waals surface area contributed by atoms with Crippen LogP contribution < -0.4 is 0 Å². The molecule has 0 amide bonds. The molecule has 0 aliphatic heterocycles. The number of hydrogen-bond donors (Lipinski definition) is 2. The van der Waals surface area contributed by atoms with E-state index in [1.165, 1.54) is 103 Å². The predicted molar refractivity (Wildman–Crippen MR) is 316 cm³/mol. The summed E-state index contributed by atoms with van der Waals surface area (Å²) >= 11 is 0. The zero-order chi connectivity index (χ0) is 55.5. The van der Waals surface area contributed by atoms with E-state index in [0.717, 1.165) is 116 Å². The van der Waals surface area contributed by atoms with Crippen molar-refractivity contribution in [1.82, 2.24) is 0 Å². The number of aliphatic hydroxyl groups excluding tert-OH is 1. The highest BCUT2D eigenvalue weighted by atomic mass is 31.2. The van der Waals surface area contributed by atoms with Crippen molar-refractivity contribution in [1.29, 1.82) is 0 Å². The maximum absolute atomic E-state index is 12.9. The fourth-order valence-corrected chi connectivity index (χ4v) is 9.18. The molecule has 0 rings (SSSR count). The fraction of sp³-hybridized carbons (Fsp3) is 0.766. The van der Waals surface area contributed by atoms with Gasteiger partial charge in [-0.3, -0.25) is 23.4 Å². The number of ether oxygens (including phenoxy) is 3. The van der Waals surface area contributed by atoms with Gasteiger partial charge in [-0.25, -0.2) is 4.57 Å². The summed E-state index contributed by atoms with van der Waals surface area (Å²) in [4.78, 5) is 48.6. The third-order valence-electron chi connectivity index (χ3n) is 13.1. The summed E-state index contributed by atoms with van der Waals surface area (Å²) < 4.78 is 39.6. The Morgan fingerprint density at radius 2 is 0.684 bits per heavy atom. The standard InChI is InChI=1S/C64H113O11P/c1-4-7-10-13-16-19-22-25-28-30-33-36-39-42-45-48-51-54-63(67)74-60(56-65)58-72-76(69,70)73-59-61(57-71-62(66)53-50-47-44-41-38-35-32-27-24-21-18-15-12-9-6-3)75-64(68)55-52-49-46-43-40-37-34-31-29-26-23-20-17-14-11-8-5-2/h8,11,17,20,25-29,32,34,37,60-61,65H,4-7,9-10,12-16,18-19,21-24,30-31,33,35-36,38-59H2,1-3H3,(H,69,70)/b11-8-,20-17-,28-25-,29-26-,32-27-,37-34-. The van der Waals surface area contributed by atoms with Crippen LogP contribution in [0.3, 0.4) is 0 Å². The SMILES string of the molecule is CC/C=C\C/C=C\C/C=C\C/C=C\CCCCCCC(=O)OC(COC(=O)CCCCCCC/C=C\CCCCCCCC)COP(=O)(O)OCC(CO)OC(=O)CCCCCCCCC/C=C\CCCCCCCC. The lowest BCUT2D eigenvalue weighted by Crippen LogP contribution is -2.30. The second-order valence-electron chi connectivity index (χ2n) is 20.5. The molecule has 0 aliphatic rings. The van der Waals surface area contributed by atoms with E-state index >= 15 is 0 Å². The van der Waals surface area contributed by atoms with Crippen molar-refractivity contribution >= 4 is 25.7 Å². The number of carbonyl (C=O) groups excluding carboxylic acids is 3. The van der Waals surface area contributed by atoms with Crippen LogP contribution in [0.2, 0.25) is 0 Å².